The zero-order valence-electron chi connectivity index (χ0n) is 10.5. The van der Waals surface area contributed by atoms with E-state index in [0.717, 1.165) is 5.82 Å². The monoisotopic (exact) mass is 290 g/mol. The molecule has 0 aromatic carbocycles. The van der Waals surface area contributed by atoms with Crippen molar-refractivity contribution in [3.8, 4) is 5.95 Å². The maximum absolute atomic E-state index is 5.91. The minimum Gasteiger partial charge on any atom is -0.347 e. The van der Waals surface area contributed by atoms with E-state index in [9.17, 15) is 0 Å². The fraction of sp³-hybridized carbons (Fsp3) is 0.182. The van der Waals surface area contributed by atoms with Crippen LogP contribution in [0.1, 0.15) is 18.8 Å². The summed E-state index contributed by atoms with van der Waals surface area (Å²) >= 11 is 5.91. The van der Waals surface area contributed by atoms with E-state index < -0.39 is 0 Å². The lowest BCUT2D eigenvalue weighted by Crippen LogP contribution is -2.13. The molecule has 0 fully saturated rings. The highest BCUT2D eigenvalue weighted by atomic mass is 35.5. The van der Waals surface area contributed by atoms with Gasteiger partial charge in [-0.15, -0.1) is 0 Å². The molecule has 3 heterocycles. The van der Waals surface area contributed by atoms with Gasteiger partial charge in [-0.05, 0) is 24.6 Å². The van der Waals surface area contributed by atoms with Gasteiger partial charge < -0.3 is 10.3 Å². The fourth-order valence-electron chi connectivity index (χ4n) is 1.67. The van der Waals surface area contributed by atoms with E-state index in [1.165, 1.54) is 4.68 Å². The predicted octanol–water partition coefficient (Wildman–Crippen LogP) is 1.61. The molecule has 3 aromatic heterocycles. The lowest BCUT2D eigenvalue weighted by molar-refractivity contribution is 0.766. The van der Waals surface area contributed by atoms with Crippen LogP contribution < -0.4 is 5.32 Å². The van der Waals surface area contributed by atoms with E-state index in [-0.39, 0.29) is 11.3 Å². The Balaban J connectivity index is 1.87. The van der Waals surface area contributed by atoms with Crippen LogP contribution in [0.15, 0.2) is 30.9 Å². The summed E-state index contributed by atoms with van der Waals surface area (Å²) < 4.78 is 1.51. The highest BCUT2D eigenvalue weighted by Gasteiger charge is 2.12. The molecule has 1 unspecified atom stereocenters. The summed E-state index contributed by atoms with van der Waals surface area (Å²) in [6, 6.07) is 1.69. The molecule has 0 aliphatic heterocycles. The third-order valence-corrected chi connectivity index (χ3v) is 2.75. The fourth-order valence-corrected chi connectivity index (χ4v) is 1.83. The second-order valence-corrected chi connectivity index (χ2v) is 4.36. The van der Waals surface area contributed by atoms with Gasteiger partial charge in [0.2, 0.25) is 11.2 Å². The zero-order valence-corrected chi connectivity index (χ0v) is 11.3. The van der Waals surface area contributed by atoms with Gasteiger partial charge in [-0.25, -0.2) is 9.67 Å². The number of hydrogen-bond donors (Lipinski definition) is 2. The third-order valence-electron chi connectivity index (χ3n) is 2.58. The Hall–Kier alpha value is -2.48. The van der Waals surface area contributed by atoms with Gasteiger partial charge in [0.15, 0.2) is 0 Å². The number of H-pyrrole nitrogens is 1. The molecule has 3 aromatic rings. The standard InChI is InChI=1S/C11H11ClN8/c1-7(8-13-4-5-14-8)16-10-17-9(12)18-11(19-10)20-6-2-3-15-20/h2-7H,1H3,(H,13,14)(H,16,17,18,19). The summed E-state index contributed by atoms with van der Waals surface area (Å²) in [7, 11) is 0. The van der Waals surface area contributed by atoms with Crippen molar-refractivity contribution in [2.24, 2.45) is 0 Å². The van der Waals surface area contributed by atoms with E-state index >= 15 is 0 Å². The van der Waals surface area contributed by atoms with Crippen LogP contribution in [-0.4, -0.2) is 34.7 Å². The normalized spacial score (nSPS) is 12.3. The van der Waals surface area contributed by atoms with E-state index in [0.29, 0.717) is 11.9 Å². The second-order valence-electron chi connectivity index (χ2n) is 4.02. The minimum atomic E-state index is -0.0889. The lowest BCUT2D eigenvalue weighted by atomic mass is 10.3. The van der Waals surface area contributed by atoms with Crippen LogP contribution in [0.25, 0.3) is 5.95 Å². The van der Waals surface area contributed by atoms with Gasteiger partial charge in [-0.1, -0.05) is 0 Å². The van der Waals surface area contributed by atoms with Crippen LogP contribution >= 0.6 is 11.6 Å². The minimum absolute atomic E-state index is 0.0889. The molecule has 0 saturated heterocycles. The molecule has 0 aliphatic rings. The number of nitrogens with zero attached hydrogens (tertiary/aromatic N) is 6. The Labute approximate surface area is 119 Å². The molecular weight excluding hydrogens is 280 g/mol. The highest BCUT2D eigenvalue weighted by molar-refractivity contribution is 6.28. The summed E-state index contributed by atoms with van der Waals surface area (Å²) in [5, 5.41) is 7.26. The van der Waals surface area contributed by atoms with Crippen LogP contribution in [0.5, 0.6) is 0 Å². The van der Waals surface area contributed by atoms with Gasteiger partial charge in [-0.2, -0.15) is 20.1 Å². The number of rotatable bonds is 4. The highest BCUT2D eigenvalue weighted by Crippen LogP contribution is 2.15. The van der Waals surface area contributed by atoms with Crippen molar-refractivity contribution in [2.45, 2.75) is 13.0 Å². The van der Waals surface area contributed by atoms with Crippen molar-refractivity contribution < 1.29 is 0 Å². The number of halogens is 1. The van der Waals surface area contributed by atoms with Gasteiger partial charge in [0.05, 0.1) is 6.04 Å². The molecular formula is C11H11ClN8. The largest absolute Gasteiger partial charge is 0.347 e. The SMILES string of the molecule is CC(Nc1nc(Cl)nc(-n2cccn2)n1)c1ncc[nH]1. The van der Waals surface area contributed by atoms with Gasteiger partial charge in [0.25, 0.3) is 5.95 Å². The number of nitrogens with one attached hydrogen (secondary N) is 2. The van der Waals surface area contributed by atoms with Crippen LogP contribution in [0, 0.1) is 0 Å². The second kappa shape index (κ2) is 5.25. The molecule has 0 bridgehead atoms. The molecule has 8 nitrogen and oxygen atoms in total. The summed E-state index contributed by atoms with van der Waals surface area (Å²) in [4.78, 5) is 19.5. The topological polar surface area (TPSA) is 97.2 Å². The smallest absolute Gasteiger partial charge is 0.256 e. The molecule has 0 spiro atoms. The molecule has 9 heteroatoms. The van der Waals surface area contributed by atoms with Crippen LogP contribution in [-0.2, 0) is 0 Å². The Morgan fingerprint density at radius 3 is 2.90 bits per heavy atom. The van der Waals surface area contributed by atoms with Gasteiger partial charge >= 0.3 is 0 Å². The molecule has 0 amide bonds. The van der Waals surface area contributed by atoms with Crippen molar-refractivity contribution in [3.63, 3.8) is 0 Å². The van der Waals surface area contributed by atoms with E-state index in [1.54, 1.807) is 30.9 Å². The van der Waals surface area contributed by atoms with Gasteiger partial charge in [-0.3, -0.25) is 0 Å². The summed E-state index contributed by atoms with van der Waals surface area (Å²) in [6.07, 6.45) is 6.80. The van der Waals surface area contributed by atoms with Crippen molar-refractivity contribution in [1.29, 1.82) is 0 Å². The summed E-state index contributed by atoms with van der Waals surface area (Å²) in [5.41, 5.74) is 0. The molecule has 2 N–H and O–H groups in total. The predicted molar refractivity (Wildman–Crippen MR) is 72.6 cm³/mol. The van der Waals surface area contributed by atoms with Gasteiger partial charge in [0, 0.05) is 24.8 Å². The molecule has 3 rings (SSSR count). The van der Waals surface area contributed by atoms with Crippen LogP contribution in [0.4, 0.5) is 5.95 Å². The van der Waals surface area contributed by atoms with Crippen molar-refractivity contribution in [1.82, 2.24) is 34.7 Å². The van der Waals surface area contributed by atoms with E-state index in [1.807, 2.05) is 6.92 Å². The first-order chi connectivity index (χ1) is 9.72. The molecule has 0 aliphatic carbocycles. The van der Waals surface area contributed by atoms with E-state index in [4.69, 9.17) is 11.6 Å². The van der Waals surface area contributed by atoms with Crippen LogP contribution in [0.3, 0.4) is 0 Å². The lowest BCUT2D eigenvalue weighted by Gasteiger charge is -2.11. The molecule has 20 heavy (non-hydrogen) atoms. The third kappa shape index (κ3) is 2.59. The molecule has 0 radical (unpaired) electrons. The Kier molecular flexibility index (Phi) is 3.30. The quantitative estimate of drug-likeness (QED) is 0.757. The number of hydrogen-bond acceptors (Lipinski definition) is 6. The van der Waals surface area contributed by atoms with Gasteiger partial charge in [0.1, 0.15) is 5.82 Å². The summed E-state index contributed by atoms with van der Waals surface area (Å²) in [5.74, 6) is 1.49. The molecule has 0 saturated carbocycles. The first-order valence-electron chi connectivity index (χ1n) is 5.90. The maximum atomic E-state index is 5.91. The number of anilines is 1. The number of aromatic amines is 1. The Bertz CT molecular complexity index is 679. The first-order valence-corrected chi connectivity index (χ1v) is 6.27. The zero-order chi connectivity index (χ0) is 13.9. The number of imidazole rings is 1. The van der Waals surface area contributed by atoms with Crippen molar-refractivity contribution >= 4 is 17.5 Å². The molecule has 102 valence electrons. The van der Waals surface area contributed by atoms with Crippen molar-refractivity contribution in [3.05, 3.63) is 42.0 Å². The maximum Gasteiger partial charge on any atom is 0.256 e. The average molecular weight is 291 g/mol. The Morgan fingerprint density at radius 1 is 1.30 bits per heavy atom. The average Bonchev–Trinajstić information content (AvgIpc) is 3.12. The van der Waals surface area contributed by atoms with Crippen molar-refractivity contribution in [2.75, 3.05) is 5.32 Å². The summed E-state index contributed by atoms with van der Waals surface area (Å²) in [6.45, 7) is 1.93. The number of aromatic nitrogens is 7. The molecule has 1 atom stereocenters. The first kappa shape index (κ1) is 12.5. The van der Waals surface area contributed by atoms with E-state index in [2.05, 4.69) is 35.3 Å². The van der Waals surface area contributed by atoms with Crippen LogP contribution in [0.2, 0.25) is 5.28 Å². The Morgan fingerprint density at radius 2 is 2.20 bits per heavy atom.